The van der Waals surface area contributed by atoms with Gasteiger partial charge in [-0.2, -0.15) is 0 Å². The van der Waals surface area contributed by atoms with E-state index in [0.717, 1.165) is 44.9 Å². The van der Waals surface area contributed by atoms with Crippen LogP contribution in [0.15, 0.2) is 0 Å². The number of carboxylic acid groups (broad SMARTS) is 1. The van der Waals surface area contributed by atoms with E-state index in [1.807, 2.05) is 13.8 Å². The fourth-order valence-corrected chi connectivity index (χ4v) is 2.82. The Hall–Kier alpha value is -1.26. The largest absolute Gasteiger partial charge is 0.481 e. The summed E-state index contributed by atoms with van der Waals surface area (Å²) in [4.78, 5) is 23.0. The molecule has 0 aromatic carbocycles. The van der Waals surface area contributed by atoms with Crippen LogP contribution in [0.5, 0.6) is 0 Å². The van der Waals surface area contributed by atoms with E-state index in [0.29, 0.717) is 0 Å². The average molecular weight is 270 g/mol. The molecule has 3 N–H and O–H groups in total. The highest BCUT2D eigenvalue weighted by atomic mass is 16.4. The molecule has 2 amide bonds. The van der Waals surface area contributed by atoms with Crippen molar-refractivity contribution in [2.45, 2.75) is 76.8 Å². The highest BCUT2D eigenvalue weighted by Crippen LogP contribution is 2.31. The lowest BCUT2D eigenvalue weighted by molar-refractivity contribution is -0.139. The minimum absolute atomic E-state index is 0.0172. The van der Waals surface area contributed by atoms with Crippen LogP contribution >= 0.6 is 0 Å². The Morgan fingerprint density at radius 2 is 1.74 bits per heavy atom. The predicted molar refractivity (Wildman–Crippen MR) is 74.1 cm³/mol. The molecule has 0 aliphatic heterocycles. The molecule has 1 fully saturated rings. The van der Waals surface area contributed by atoms with Gasteiger partial charge in [0.1, 0.15) is 0 Å². The molecule has 110 valence electrons. The van der Waals surface area contributed by atoms with Gasteiger partial charge in [-0.25, -0.2) is 4.79 Å². The molecule has 0 unspecified atom stereocenters. The lowest BCUT2D eigenvalue weighted by atomic mass is 9.79. The number of carbonyl (C=O) groups is 2. The highest BCUT2D eigenvalue weighted by molar-refractivity contribution is 5.77. The number of carbonyl (C=O) groups excluding carboxylic acids is 1. The topological polar surface area (TPSA) is 78.4 Å². The van der Waals surface area contributed by atoms with Gasteiger partial charge in [0.15, 0.2) is 0 Å². The maximum Gasteiger partial charge on any atom is 0.315 e. The van der Waals surface area contributed by atoms with E-state index in [9.17, 15) is 9.59 Å². The van der Waals surface area contributed by atoms with Crippen LogP contribution in [0.2, 0.25) is 0 Å². The van der Waals surface area contributed by atoms with Crippen LogP contribution < -0.4 is 10.6 Å². The van der Waals surface area contributed by atoms with Crippen molar-refractivity contribution < 1.29 is 14.7 Å². The third-order valence-corrected chi connectivity index (χ3v) is 4.00. The van der Waals surface area contributed by atoms with Crippen LogP contribution in [-0.2, 0) is 4.79 Å². The average Bonchev–Trinajstić information content (AvgIpc) is 2.35. The fourth-order valence-electron chi connectivity index (χ4n) is 2.82. The molecule has 5 heteroatoms. The van der Waals surface area contributed by atoms with Gasteiger partial charge in [-0.3, -0.25) is 4.79 Å². The second-order valence-corrected chi connectivity index (χ2v) is 5.52. The molecule has 1 rings (SSSR count). The van der Waals surface area contributed by atoms with Gasteiger partial charge in [0.05, 0.1) is 12.0 Å². The standard InChI is InChI=1S/C14H26N2O3/c1-3-11(4-2)15-13(19)16-14(10-12(17)18)8-6-5-7-9-14/h11H,3-10H2,1-2H3,(H,17,18)(H2,15,16,19). The first kappa shape index (κ1) is 15.8. The molecular formula is C14H26N2O3. The van der Waals surface area contributed by atoms with Gasteiger partial charge in [-0.1, -0.05) is 33.1 Å². The zero-order chi connectivity index (χ0) is 14.3. The van der Waals surface area contributed by atoms with Crippen LogP contribution in [0.25, 0.3) is 0 Å². The van der Waals surface area contributed by atoms with Gasteiger partial charge in [0.25, 0.3) is 0 Å². The lowest BCUT2D eigenvalue weighted by Crippen LogP contribution is -2.55. The van der Waals surface area contributed by atoms with Gasteiger partial charge in [-0.15, -0.1) is 0 Å². The monoisotopic (exact) mass is 270 g/mol. The molecule has 0 bridgehead atoms. The summed E-state index contributed by atoms with van der Waals surface area (Å²) in [5.41, 5.74) is -0.555. The Morgan fingerprint density at radius 1 is 1.16 bits per heavy atom. The number of hydrogen-bond acceptors (Lipinski definition) is 2. The number of amides is 2. The van der Waals surface area contributed by atoms with Gasteiger partial charge >= 0.3 is 12.0 Å². The first-order chi connectivity index (χ1) is 9.01. The van der Waals surface area contributed by atoms with Crippen molar-refractivity contribution in [2.75, 3.05) is 0 Å². The number of rotatable bonds is 6. The zero-order valence-electron chi connectivity index (χ0n) is 12.0. The highest BCUT2D eigenvalue weighted by Gasteiger charge is 2.36. The molecule has 1 aliphatic rings. The van der Waals surface area contributed by atoms with Crippen LogP contribution in [0.4, 0.5) is 4.79 Å². The lowest BCUT2D eigenvalue weighted by Gasteiger charge is -2.37. The Balaban J connectivity index is 2.61. The van der Waals surface area contributed by atoms with Gasteiger partial charge in [0, 0.05) is 6.04 Å². The predicted octanol–water partition coefficient (Wildman–Crippen LogP) is 2.65. The van der Waals surface area contributed by atoms with Crippen LogP contribution in [0.1, 0.15) is 65.2 Å². The summed E-state index contributed by atoms with van der Waals surface area (Å²) in [5, 5.41) is 14.9. The molecule has 0 radical (unpaired) electrons. The van der Waals surface area contributed by atoms with Crippen LogP contribution in [-0.4, -0.2) is 28.7 Å². The Kier molecular flexibility index (Phi) is 6.12. The van der Waals surface area contributed by atoms with Crippen molar-refractivity contribution in [3.63, 3.8) is 0 Å². The smallest absolute Gasteiger partial charge is 0.315 e. The molecule has 5 nitrogen and oxygen atoms in total. The third kappa shape index (κ3) is 5.09. The first-order valence-electron chi connectivity index (χ1n) is 7.32. The SMILES string of the molecule is CCC(CC)NC(=O)NC1(CC(=O)O)CCCCC1. The van der Waals surface area contributed by atoms with E-state index in [4.69, 9.17) is 5.11 Å². The maximum absolute atomic E-state index is 12.0. The number of nitrogens with one attached hydrogen (secondary N) is 2. The van der Waals surface area contributed by atoms with E-state index in [1.165, 1.54) is 0 Å². The summed E-state index contributed by atoms with van der Waals surface area (Å²) in [6.45, 7) is 4.06. The second-order valence-electron chi connectivity index (χ2n) is 5.52. The molecule has 1 saturated carbocycles. The molecule has 0 aromatic heterocycles. The summed E-state index contributed by atoms with van der Waals surface area (Å²) in [6, 6.07) is -0.0673. The molecule has 0 spiro atoms. The number of hydrogen-bond donors (Lipinski definition) is 3. The van der Waals surface area contributed by atoms with Crippen molar-refractivity contribution in [3.05, 3.63) is 0 Å². The van der Waals surface area contributed by atoms with E-state index in [1.54, 1.807) is 0 Å². The van der Waals surface area contributed by atoms with Crippen molar-refractivity contribution >= 4 is 12.0 Å². The molecule has 0 aromatic rings. The molecule has 1 aliphatic carbocycles. The summed E-state index contributed by atoms with van der Waals surface area (Å²) in [6.07, 6.45) is 6.40. The number of carboxylic acids is 1. The molecule has 0 heterocycles. The zero-order valence-corrected chi connectivity index (χ0v) is 12.0. The minimum Gasteiger partial charge on any atom is -0.481 e. The van der Waals surface area contributed by atoms with Crippen LogP contribution in [0.3, 0.4) is 0 Å². The molecule has 0 atom stereocenters. The Labute approximate surface area is 115 Å². The summed E-state index contributed by atoms with van der Waals surface area (Å²) < 4.78 is 0. The quantitative estimate of drug-likeness (QED) is 0.694. The third-order valence-electron chi connectivity index (χ3n) is 4.00. The summed E-state index contributed by atoms with van der Waals surface area (Å²) in [7, 11) is 0. The number of urea groups is 1. The van der Waals surface area contributed by atoms with Gasteiger partial charge in [-0.05, 0) is 25.7 Å². The summed E-state index contributed by atoms with van der Waals surface area (Å²) >= 11 is 0. The Bertz CT molecular complexity index is 308. The van der Waals surface area contributed by atoms with Crippen molar-refractivity contribution in [1.29, 1.82) is 0 Å². The minimum atomic E-state index is -0.843. The van der Waals surface area contributed by atoms with E-state index >= 15 is 0 Å². The van der Waals surface area contributed by atoms with Crippen LogP contribution in [0, 0.1) is 0 Å². The maximum atomic E-state index is 12.0. The van der Waals surface area contributed by atoms with Crippen molar-refractivity contribution in [3.8, 4) is 0 Å². The second kappa shape index (κ2) is 7.36. The Morgan fingerprint density at radius 3 is 2.21 bits per heavy atom. The van der Waals surface area contributed by atoms with Crippen molar-refractivity contribution in [2.24, 2.45) is 0 Å². The van der Waals surface area contributed by atoms with Gasteiger partial charge in [0.2, 0.25) is 0 Å². The molecule has 0 saturated heterocycles. The molecule has 19 heavy (non-hydrogen) atoms. The van der Waals surface area contributed by atoms with Crippen molar-refractivity contribution in [1.82, 2.24) is 10.6 Å². The van der Waals surface area contributed by atoms with E-state index < -0.39 is 11.5 Å². The normalized spacial score (nSPS) is 18.1. The van der Waals surface area contributed by atoms with E-state index in [2.05, 4.69) is 10.6 Å². The molecular weight excluding hydrogens is 244 g/mol. The summed E-state index contributed by atoms with van der Waals surface area (Å²) in [5.74, 6) is -0.843. The number of aliphatic carboxylic acids is 1. The fraction of sp³-hybridized carbons (Fsp3) is 0.857. The first-order valence-corrected chi connectivity index (χ1v) is 7.32. The van der Waals surface area contributed by atoms with Gasteiger partial charge < -0.3 is 15.7 Å². The van der Waals surface area contributed by atoms with E-state index in [-0.39, 0.29) is 18.5 Å².